The number of methoxy groups -OCH3 is 1. The molecule has 36 heavy (non-hydrogen) atoms. The number of carbonyl (C=O) groups excluding carboxylic acids is 4. The molecule has 7 nitrogen and oxygen atoms in total. The normalized spacial score (nSPS) is 42.4. The van der Waals surface area contributed by atoms with E-state index in [0.717, 1.165) is 38.5 Å². The third kappa shape index (κ3) is 4.60. The van der Waals surface area contributed by atoms with Crippen molar-refractivity contribution >= 4 is 23.7 Å². The van der Waals surface area contributed by atoms with Gasteiger partial charge in [0.2, 0.25) is 0 Å². The molecule has 4 rings (SSSR count). The molecule has 4 aliphatic rings. The van der Waals surface area contributed by atoms with Crippen LogP contribution in [0, 0.1) is 46.3 Å². The van der Waals surface area contributed by atoms with Crippen LogP contribution in [0.4, 0.5) is 0 Å². The average Bonchev–Trinajstić information content (AvgIpc) is 3.16. The summed E-state index contributed by atoms with van der Waals surface area (Å²) in [6.45, 7) is 9.57. The lowest BCUT2D eigenvalue weighted by Crippen LogP contribution is -2.62. The first-order valence-electron chi connectivity index (χ1n) is 13.9. The monoisotopic (exact) mass is 504 g/mol. The Balaban J connectivity index is 1.62. The molecule has 0 N–H and O–H groups in total. The number of ether oxygens (including phenoxy) is 3. The predicted molar refractivity (Wildman–Crippen MR) is 133 cm³/mol. The molecular weight excluding hydrogens is 460 g/mol. The van der Waals surface area contributed by atoms with Crippen molar-refractivity contribution in [1.82, 2.24) is 0 Å². The standard InChI is InChI=1S/C29H44O7/c1-16(7-10-26(33)34-6)21-8-9-22-27-23(15-25(32)29(21,22)5)28(4)12-11-20(35-17(2)30)13-19(28)14-24(27)36-18(3)31/h16,19-24,27H,7-15H2,1-6H3/t16-,19+,20+,21-,22+,23-,24+,27+,28+,29+/m0/s1. The molecule has 0 radical (unpaired) electrons. The fourth-order valence-electron chi connectivity index (χ4n) is 9.14. The van der Waals surface area contributed by atoms with E-state index in [2.05, 4.69) is 20.8 Å². The van der Waals surface area contributed by atoms with Crippen LogP contribution in [0.15, 0.2) is 0 Å². The van der Waals surface area contributed by atoms with E-state index in [4.69, 9.17) is 14.2 Å². The third-order valence-electron chi connectivity index (χ3n) is 10.9. The van der Waals surface area contributed by atoms with Crippen molar-refractivity contribution < 1.29 is 33.4 Å². The largest absolute Gasteiger partial charge is 0.469 e. The molecule has 0 aliphatic heterocycles. The summed E-state index contributed by atoms with van der Waals surface area (Å²) in [5.41, 5.74) is -0.503. The van der Waals surface area contributed by atoms with E-state index in [1.54, 1.807) is 0 Å². The Morgan fingerprint density at radius 3 is 2.33 bits per heavy atom. The fraction of sp³-hybridized carbons (Fsp3) is 0.862. The molecular formula is C29H44O7. The highest BCUT2D eigenvalue weighted by Crippen LogP contribution is 2.67. The molecule has 0 amide bonds. The number of carbonyl (C=O) groups is 4. The number of fused-ring (bicyclic) bond motifs is 5. The summed E-state index contributed by atoms with van der Waals surface area (Å²) in [4.78, 5) is 49.7. The third-order valence-corrected chi connectivity index (χ3v) is 10.9. The Labute approximate surface area is 215 Å². The molecule has 0 unspecified atom stereocenters. The summed E-state index contributed by atoms with van der Waals surface area (Å²) in [5.74, 6) is 0.785. The maximum atomic E-state index is 14.0. The molecule has 0 heterocycles. The molecule has 0 aromatic rings. The van der Waals surface area contributed by atoms with Gasteiger partial charge in [0.25, 0.3) is 0 Å². The summed E-state index contributed by atoms with van der Waals surface area (Å²) >= 11 is 0. The molecule has 4 fully saturated rings. The topological polar surface area (TPSA) is 96.0 Å². The summed E-state index contributed by atoms with van der Waals surface area (Å²) < 4.78 is 16.5. The van der Waals surface area contributed by atoms with Gasteiger partial charge in [0, 0.05) is 38.0 Å². The Kier molecular flexibility index (Phi) is 7.60. The minimum Gasteiger partial charge on any atom is -0.469 e. The highest BCUT2D eigenvalue weighted by molar-refractivity contribution is 5.87. The van der Waals surface area contributed by atoms with Gasteiger partial charge in [-0.1, -0.05) is 20.8 Å². The van der Waals surface area contributed by atoms with Gasteiger partial charge in [0.05, 0.1) is 7.11 Å². The number of rotatable bonds is 6. The smallest absolute Gasteiger partial charge is 0.305 e. The van der Waals surface area contributed by atoms with Crippen LogP contribution in [0.5, 0.6) is 0 Å². The van der Waals surface area contributed by atoms with Gasteiger partial charge in [0.1, 0.15) is 18.0 Å². The lowest BCUT2D eigenvalue weighted by molar-refractivity contribution is -0.196. The van der Waals surface area contributed by atoms with Crippen molar-refractivity contribution in [3.05, 3.63) is 0 Å². The lowest BCUT2D eigenvalue weighted by Gasteiger charge is -2.62. The van der Waals surface area contributed by atoms with Crippen LogP contribution >= 0.6 is 0 Å². The zero-order chi connectivity index (χ0) is 26.4. The first kappa shape index (κ1) is 27.1. The van der Waals surface area contributed by atoms with E-state index in [0.29, 0.717) is 25.0 Å². The first-order valence-corrected chi connectivity index (χ1v) is 13.9. The van der Waals surface area contributed by atoms with Crippen LogP contribution in [-0.4, -0.2) is 43.0 Å². The summed E-state index contributed by atoms with van der Waals surface area (Å²) in [6.07, 6.45) is 6.44. The molecule has 0 spiro atoms. The van der Waals surface area contributed by atoms with Crippen molar-refractivity contribution in [3.63, 3.8) is 0 Å². The van der Waals surface area contributed by atoms with Crippen molar-refractivity contribution in [2.45, 2.75) is 105 Å². The number of hydrogen-bond donors (Lipinski definition) is 0. The van der Waals surface area contributed by atoms with Gasteiger partial charge in [-0.3, -0.25) is 19.2 Å². The van der Waals surface area contributed by atoms with Gasteiger partial charge in [-0.15, -0.1) is 0 Å². The zero-order valence-electron chi connectivity index (χ0n) is 22.8. The van der Waals surface area contributed by atoms with Crippen LogP contribution in [0.3, 0.4) is 0 Å². The van der Waals surface area contributed by atoms with Gasteiger partial charge in [-0.2, -0.15) is 0 Å². The van der Waals surface area contributed by atoms with Crippen LogP contribution in [0.25, 0.3) is 0 Å². The van der Waals surface area contributed by atoms with Crippen molar-refractivity contribution in [2.75, 3.05) is 7.11 Å². The number of Topliss-reactive ketones (excluding diaryl/α,β-unsaturated/α-hetero) is 1. The molecule has 0 aromatic heterocycles. The number of ketones is 1. The lowest BCUT2D eigenvalue weighted by atomic mass is 9.43. The molecule has 7 heteroatoms. The van der Waals surface area contributed by atoms with E-state index < -0.39 is 5.41 Å². The molecule has 0 aromatic carbocycles. The Morgan fingerprint density at radius 2 is 1.69 bits per heavy atom. The quantitative estimate of drug-likeness (QED) is 0.375. The average molecular weight is 505 g/mol. The van der Waals surface area contributed by atoms with Crippen LogP contribution < -0.4 is 0 Å². The van der Waals surface area contributed by atoms with E-state index >= 15 is 0 Å². The molecule has 4 aliphatic carbocycles. The molecule has 202 valence electrons. The SMILES string of the molecule is COC(=O)CC[C@H](C)[C@@H]1CC[C@@H]2[C@H]3[C@H](OC(C)=O)C[C@H]4C[C@H](OC(C)=O)CC[C@@]4(C)[C@H]3CC(=O)[C@@]21C. The van der Waals surface area contributed by atoms with Gasteiger partial charge >= 0.3 is 17.9 Å². The van der Waals surface area contributed by atoms with Gasteiger partial charge in [-0.05, 0) is 80.0 Å². The van der Waals surface area contributed by atoms with Gasteiger partial charge in [-0.25, -0.2) is 0 Å². The van der Waals surface area contributed by atoms with Gasteiger partial charge in [0.15, 0.2) is 0 Å². The Morgan fingerprint density at radius 1 is 1.00 bits per heavy atom. The first-order chi connectivity index (χ1) is 16.9. The second kappa shape index (κ2) is 10.1. The Bertz CT molecular complexity index is 898. The maximum absolute atomic E-state index is 14.0. The van der Waals surface area contributed by atoms with E-state index in [1.165, 1.54) is 21.0 Å². The molecule has 4 saturated carbocycles. The van der Waals surface area contributed by atoms with E-state index in [-0.39, 0.29) is 71.0 Å². The number of hydrogen-bond acceptors (Lipinski definition) is 7. The second-order valence-corrected chi connectivity index (χ2v) is 12.6. The summed E-state index contributed by atoms with van der Waals surface area (Å²) in [7, 11) is 1.41. The highest BCUT2D eigenvalue weighted by atomic mass is 16.5. The second-order valence-electron chi connectivity index (χ2n) is 12.6. The number of esters is 3. The van der Waals surface area contributed by atoms with Gasteiger partial charge < -0.3 is 14.2 Å². The molecule has 0 bridgehead atoms. The van der Waals surface area contributed by atoms with Crippen molar-refractivity contribution in [2.24, 2.45) is 46.3 Å². The zero-order valence-corrected chi connectivity index (χ0v) is 22.8. The Hall–Kier alpha value is -1.92. The maximum Gasteiger partial charge on any atom is 0.305 e. The van der Waals surface area contributed by atoms with Crippen LogP contribution in [-0.2, 0) is 33.4 Å². The van der Waals surface area contributed by atoms with E-state index in [1.807, 2.05) is 0 Å². The van der Waals surface area contributed by atoms with Crippen molar-refractivity contribution in [1.29, 1.82) is 0 Å². The molecule has 0 saturated heterocycles. The summed E-state index contributed by atoms with van der Waals surface area (Å²) in [5, 5.41) is 0. The minimum absolute atomic E-state index is 0.0382. The summed E-state index contributed by atoms with van der Waals surface area (Å²) in [6, 6.07) is 0. The van der Waals surface area contributed by atoms with Crippen LogP contribution in [0.2, 0.25) is 0 Å². The van der Waals surface area contributed by atoms with Crippen molar-refractivity contribution in [3.8, 4) is 0 Å². The fourth-order valence-corrected chi connectivity index (χ4v) is 9.14. The highest BCUT2D eigenvalue weighted by Gasteiger charge is 2.66. The van der Waals surface area contributed by atoms with Crippen LogP contribution in [0.1, 0.15) is 92.4 Å². The molecule has 10 atom stereocenters. The minimum atomic E-state index is -0.465. The predicted octanol–water partition coefficient (Wildman–Crippen LogP) is 4.89. The van der Waals surface area contributed by atoms with E-state index in [9.17, 15) is 19.2 Å².